The molecule has 0 radical (unpaired) electrons. The Bertz CT molecular complexity index is 621. The lowest BCUT2D eigenvalue weighted by atomic mass is 10.1. The number of benzene rings is 1. The zero-order valence-corrected chi connectivity index (χ0v) is 19.1. The van der Waals surface area contributed by atoms with Gasteiger partial charge in [0.2, 0.25) is 0 Å². The van der Waals surface area contributed by atoms with Crippen LogP contribution >= 0.6 is 11.9 Å². The van der Waals surface area contributed by atoms with E-state index < -0.39 is 0 Å². The molecule has 0 amide bonds. The maximum absolute atomic E-state index is 2.46. The molecule has 0 atom stereocenters. The maximum Gasteiger partial charge on any atom is 0.300 e. The third-order valence-corrected chi connectivity index (χ3v) is 6.42. The first kappa shape index (κ1) is 23.1. The molecule has 0 saturated heterocycles. The highest BCUT2D eigenvalue weighted by atomic mass is 32.2. The van der Waals surface area contributed by atoms with Gasteiger partial charge < -0.3 is 0 Å². The van der Waals surface area contributed by atoms with Gasteiger partial charge in [0, 0.05) is 5.75 Å². The lowest BCUT2D eigenvalue weighted by Gasteiger charge is -2.05. The predicted octanol–water partition coefficient (Wildman–Crippen LogP) is 7.66. The third kappa shape index (κ3) is 8.43. The molecule has 156 valence electrons. The minimum Gasteiger partial charge on any atom is -0.229 e. The molecule has 0 N–H and O–H groups in total. The standard InChI is InChI=1S/C25H41N2S/c1-3-5-7-9-10-11-12-16-20-26-21-22-27(28-23-17-8-6-4-2)25(26)24-18-14-13-15-19-24/h13-15,18-19,21-22H,3-12,16-17,20,23H2,1-2H3/q+1. The summed E-state index contributed by atoms with van der Waals surface area (Å²) in [5.41, 5.74) is 1.33. The molecular weight excluding hydrogens is 360 g/mol. The second-order valence-electron chi connectivity index (χ2n) is 7.88. The van der Waals surface area contributed by atoms with Crippen LogP contribution in [0.25, 0.3) is 11.4 Å². The second kappa shape index (κ2) is 14.7. The minimum absolute atomic E-state index is 1.13. The van der Waals surface area contributed by atoms with Crippen molar-refractivity contribution in [3.63, 3.8) is 0 Å². The monoisotopic (exact) mass is 401 g/mol. The predicted molar refractivity (Wildman–Crippen MR) is 125 cm³/mol. The molecule has 28 heavy (non-hydrogen) atoms. The Morgan fingerprint density at radius 3 is 2.04 bits per heavy atom. The molecule has 0 saturated carbocycles. The Morgan fingerprint density at radius 1 is 0.750 bits per heavy atom. The first-order chi connectivity index (χ1) is 13.9. The largest absolute Gasteiger partial charge is 0.300 e. The first-order valence-corrected chi connectivity index (χ1v) is 12.6. The molecule has 1 heterocycles. The van der Waals surface area contributed by atoms with Crippen molar-refractivity contribution < 1.29 is 4.57 Å². The summed E-state index contributed by atoms with van der Waals surface area (Å²) in [5, 5.41) is 0. The quantitative estimate of drug-likeness (QED) is 0.207. The van der Waals surface area contributed by atoms with E-state index in [1.807, 2.05) is 11.9 Å². The van der Waals surface area contributed by atoms with Crippen LogP contribution in [0.15, 0.2) is 42.7 Å². The van der Waals surface area contributed by atoms with Crippen molar-refractivity contribution in [2.75, 3.05) is 5.75 Å². The van der Waals surface area contributed by atoms with Crippen LogP contribution in [0.1, 0.15) is 90.9 Å². The van der Waals surface area contributed by atoms with Gasteiger partial charge in [-0.3, -0.25) is 0 Å². The van der Waals surface area contributed by atoms with Gasteiger partial charge in [0.05, 0.1) is 24.1 Å². The number of hydrogen-bond donors (Lipinski definition) is 0. The second-order valence-corrected chi connectivity index (χ2v) is 8.94. The molecule has 0 unspecified atom stereocenters. The molecule has 1 aromatic heterocycles. The fourth-order valence-electron chi connectivity index (χ4n) is 3.68. The van der Waals surface area contributed by atoms with E-state index in [4.69, 9.17) is 0 Å². The molecule has 1 aromatic carbocycles. The summed E-state index contributed by atoms with van der Waals surface area (Å²) >= 11 is 1.96. The molecule has 0 aliphatic rings. The summed E-state index contributed by atoms with van der Waals surface area (Å²) in [6.07, 6.45) is 20.9. The number of aromatic nitrogens is 2. The van der Waals surface area contributed by atoms with Crippen molar-refractivity contribution in [3.8, 4) is 11.4 Å². The molecular formula is C25H41N2S+. The highest BCUT2D eigenvalue weighted by Crippen LogP contribution is 2.22. The number of imidazole rings is 1. The van der Waals surface area contributed by atoms with Crippen LogP contribution in [0.3, 0.4) is 0 Å². The van der Waals surface area contributed by atoms with Crippen molar-refractivity contribution >= 4 is 11.9 Å². The van der Waals surface area contributed by atoms with E-state index in [0.717, 1.165) is 6.54 Å². The zero-order chi connectivity index (χ0) is 19.9. The van der Waals surface area contributed by atoms with E-state index in [1.54, 1.807) is 0 Å². The van der Waals surface area contributed by atoms with Crippen LogP contribution in [-0.2, 0) is 6.54 Å². The first-order valence-electron chi connectivity index (χ1n) is 11.7. The summed E-state index contributed by atoms with van der Waals surface area (Å²) in [7, 11) is 0. The normalized spacial score (nSPS) is 11.2. The van der Waals surface area contributed by atoms with Gasteiger partial charge >= 0.3 is 5.82 Å². The van der Waals surface area contributed by atoms with E-state index in [-0.39, 0.29) is 0 Å². The zero-order valence-electron chi connectivity index (χ0n) is 18.2. The molecule has 2 rings (SSSR count). The average molecular weight is 402 g/mol. The Hall–Kier alpha value is -1.22. The number of unbranched alkanes of at least 4 members (excludes halogenated alkanes) is 10. The summed E-state index contributed by atoms with van der Waals surface area (Å²) in [4.78, 5) is 0. The van der Waals surface area contributed by atoms with Crippen LogP contribution in [0.5, 0.6) is 0 Å². The molecule has 2 aromatic rings. The van der Waals surface area contributed by atoms with E-state index in [1.165, 1.54) is 94.2 Å². The van der Waals surface area contributed by atoms with Crippen molar-refractivity contribution in [2.24, 2.45) is 0 Å². The average Bonchev–Trinajstić information content (AvgIpc) is 3.13. The van der Waals surface area contributed by atoms with E-state index in [0.29, 0.717) is 0 Å². The van der Waals surface area contributed by atoms with E-state index >= 15 is 0 Å². The maximum atomic E-state index is 2.46. The number of aryl methyl sites for hydroxylation is 1. The van der Waals surface area contributed by atoms with Gasteiger partial charge in [-0.2, -0.15) is 3.97 Å². The smallest absolute Gasteiger partial charge is 0.229 e. The van der Waals surface area contributed by atoms with Gasteiger partial charge in [-0.15, -0.1) is 0 Å². The fraction of sp³-hybridized carbons (Fsp3) is 0.640. The van der Waals surface area contributed by atoms with Gasteiger partial charge in [0.25, 0.3) is 0 Å². The Kier molecular flexibility index (Phi) is 12.1. The Morgan fingerprint density at radius 2 is 1.36 bits per heavy atom. The van der Waals surface area contributed by atoms with Gasteiger partial charge in [-0.1, -0.05) is 89.8 Å². The van der Waals surface area contributed by atoms with Crippen LogP contribution < -0.4 is 4.57 Å². The lowest BCUT2D eigenvalue weighted by Crippen LogP contribution is -2.34. The number of nitrogens with zero attached hydrogens (tertiary/aromatic N) is 2. The topological polar surface area (TPSA) is 8.81 Å². The molecule has 0 fully saturated rings. The van der Waals surface area contributed by atoms with Crippen LogP contribution in [-0.4, -0.2) is 9.73 Å². The number of rotatable bonds is 16. The van der Waals surface area contributed by atoms with Crippen molar-refractivity contribution in [1.29, 1.82) is 0 Å². The molecule has 0 aliphatic heterocycles. The summed E-state index contributed by atoms with van der Waals surface area (Å²) in [6.45, 7) is 5.69. The molecule has 3 heteroatoms. The summed E-state index contributed by atoms with van der Waals surface area (Å²) < 4.78 is 4.86. The highest BCUT2D eigenvalue weighted by Gasteiger charge is 2.19. The Balaban J connectivity index is 1.86. The van der Waals surface area contributed by atoms with Crippen molar-refractivity contribution in [2.45, 2.75) is 97.4 Å². The number of hydrogen-bond acceptors (Lipinski definition) is 1. The lowest BCUT2D eigenvalue weighted by molar-refractivity contribution is -0.685. The molecule has 0 spiro atoms. The summed E-state index contributed by atoms with van der Waals surface area (Å²) in [6, 6.07) is 10.9. The molecule has 0 aliphatic carbocycles. The van der Waals surface area contributed by atoms with Crippen molar-refractivity contribution in [1.82, 2.24) is 3.97 Å². The van der Waals surface area contributed by atoms with Crippen LogP contribution in [0.2, 0.25) is 0 Å². The van der Waals surface area contributed by atoms with E-state index in [9.17, 15) is 0 Å². The van der Waals surface area contributed by atoms with Crippen molar-refractivity contribution in [3.05, 3.63) is 42.7 Å². The molecule has 2 nitrogen and oxygen atoms in total. The molecule has 0 bridgehead atoms. The Labute approximate surface area is 177 Å². The third-order valence-electron chi connectivity index (χ3n) is 5.38. The SMILES string of the molecule is CCCCCCCCCC[n+]1ccn(SCCCCCC)c1-c1ccccc1. The van der Waals surface area contributed by atoms with Gasteiger partial charge in [0.15, 0.2) is 0 Å². The van der Waals surface area contributed by atoms with Crippen LogP contribution in [0.4, 0.5) is 0 Å². The fourth-order valence-corrected chi connectivity index (χ4v) is 4.68. The van der Waals surface area contributed by atoms with Gasteiger partial charge in [-0.05, 0) is 31.4 Å². The van der Waals surface area contributed by atoms with Crippen LogP contribution in [0, 0.1) is 0 Å². The van der Waals surface area contributed by atoms with E-state index in [2.05, 4.69) is 65.1 Å². The highest BCUT2D eigenvalue weighted by molar-refractivity contribution is 7.97. The van der Waals surface area contributed by atoms with Gasteiger partial charge in [0.1, 0.15) is 12.4 Å². The van der Waals surface area contributed by atoms with Gasteiger partial charge in [-0.25, -0.2) is 4.57 Å². The minimum atomic E-state index is 1.13. The summed E-state index contributed by atoms with van der Waals surface area (Å²) in [5.74, 6) is 2.55.